The van der Waals surface area contributed by atoms with Crippen LogP contribution in [0.25, 0.3) is 0 Å². The van der Waals surface area contributed by atoms with Crippen molar-refractivity contribution in [1.29, 1.82) is 0 Å². The maximum atomic E-state index is 13.4. The molecule has 2 nitrogen and oxygen atoms in total. The van der Waals surface area contributed by atoms with E-state index in [2.05, 4.69) is 28.2 Å². The van der Waals surface area contributed by atoms with Gasteiger partial charge in [0.2, 0.25) is 0 Å². The summed E-state index contributed by atoms with van der Waals surface area (Å²) in [6.07, 6.45) is 0. The molecule has 0 amide bonds. The van der Waals surface area contributed by atoms with Gasteiger partial charge in [0.1, 0.15) is 11.6 Å². The number of hydrogen-bond acceptors (Lipinski definition) is 2. The van der Waals surface area contributed by atoms with E-state index in [1.807, 2.05) is 0 Å². The second kappa shape index (κ2) is 4.30. The Bertz CT molecular complexity index is 384. The van der Waals surface area contributed by atoms with E-state index in [0.29, 0.717) is 29.9 Å². The molecule has 1 heterocycles. The maximum Gasteiger partial charge on any atom is 0.150 e. The molecule has 88 valence electrons. The van der Waals surface area contributed by atoms with Gasteiger partial charge in [-0.15, -0.1) is 0 Å². The Morgan fingerprint density at radius 2 is 2.12 bits per heavy atom. The summed E-state index contributed by atoms with van der Waals surface area (Å²) in [6, 6.07) is 2.11. The van der Waals surface area contributed by atoms with Gasteiger partial charge in [-0.05, 0) is 22.0 Å². The fourth-order valence-corrected chi connectivity index (χ4v) is 2.11. The first-order valence-electron chi connectivity index (χ1n) is 4.96. The van der Waals surface area contributed by atoms with Crippen molar-refractivity contribution < 1.29 is 13.5 Å². The van der Waals surface area contributed by atoms with Crippen LogP contribution in [-0.2, 0) is 4.74 Å². The zero-order chi connectivity index (χ0) is 11.8. The minimum absolute atomic E-state index is 0.0419. The van der Waals surface area contributed by atoms with Crippen LogP contribution in [0.4, 0.5) is 14.5 Å². The molecule has 0 radical (unpaired) electrons. The zero-order valence-electron chi connectivity index (χ0n) is 8.82. The molecular formula is C11H12BrF2NO. The summed E-state index contributed by atoms with van der Waals surface area (Å²) >= 11 is 3.13. The van der Waals surface area contributed by atoms with Gasteiger partial charge in [0.05, 0.1) is 18.9 Å². The van der Waals surface area contributed by atoms with Crippen LogP contribution in [0.1, 0.15) is 6.92 Å². The third-order valence-corrected chi connectivity index (χ3v) is 3.23. The fraction of sp³-hybridized carbons (Fsp3) is 0.455. The number of halogens is 3. The standard InChI is InChI=1S/C11H12BrF2NO/c1-11(5-16-6-11)4-15-10-8(12)2-7(13)3-9(10)14/h2-3,15H,4-6H2,1H3. The molecule has 2 rings (SSSR count). The van der Waals surface area contributed by atoms with Crippen LogP contribution >= 0.6 is 15.9 Å². The van der Waals surface area contributed by atoms with E-state index in [4.69, 9.17) is 4.74 Å². The summed E-state index contributed by atoms with van der Waals surface area (Å²) in [5.74, 6) is -1.18. The molecule has 1 aliphatic rings. The van der Waals surface area contributed by atoms with Crippen molar-refractivity contribution in [2.75, 3.05) is 25.1 Å². The molecule has 0 aliphatic carbocycles. The summed E-state index contributed by atoms with van der Waals surface area (Å²) in [4.78, 5) is 0. The Balaban J connectivity index is 2.09. The molecule has 0 unspecified atom stereocenters. The third-order valence-electron chi connectivity index (χ3n) is 2.60. The van der Waals surface area contributed by atoms with Crippen LogP contribution in [0.3, 0.4) is 0 Å². The summed E-state index contributed by atoms with van der Waals surface area (Å²) in [5, 5.41) is 2.98. The monoisotopic (exact) mass is 291 g/mol. The Morgan fingerprint density at radius 3 is 2.62 bits per heavy atom. The highest BCUT2D eigenvalue weighted by Crippen LogP contribution is 2.31. The van der Waals surface area contributed by atoms with E-state index >= 15 is 0 Å². The quantitative estimate of drug-likeness (QED) is 0.924. The molecule has 16 heavy (non-hydrogen) atoms. The zero-order valence-corrected chi connectivity index (χ0v) is 10.4. The van der Waals surface area contributed by atoms with Gasteiger partial charge >= 0.3 is 0 Å². The van der Waals surface area contributed by atoms with Crippen molar-refractivity contribution in [2.45, 2.75) is 6.92 Å². The number of anilines is 1. The molecule has 1 aliphatic heterocycles. The van der Waals surface area contributed by atoms with Crippen LogP contribution in [0.2, 0.25) is 0 Å². The number of rotatable bonds is 3. The topological polar surface area (TPSA) is 21.3 Å². The lowest BCUT2D eigenvalue weighted by Crippen LogP contribution is -2.45. The smallest absolute Gasteiger partial charge is 0.150 e. The molecule has 0 atom stereocenters. The first-order chi connectivity index (χ1) is 7.50. The predicted octanol–water partition coefficient (Wildman–Crippen LogP) is 3.18. The minimum atomic E-state index is -0.590. The SMILES string of the molecule is CC1(CNc2c(F)cc(F)cc2Br)COC1. The predicted molar refractivity (Wildman–Crippen MR) is 61.5 cm³/mol. The molecule has 0 bridgehead atoms. The van der Waals surface area contributed by atoms with Gasteiger partial charge in [-0.2, -0.15) is 0 Å². The van der Waals surface area contributed by atoms with Crippen LogP contribution in [-0.4, -0.2) is 19.8 Å². The van der Waals surface area contributed by atoms with Crippen LogP contribution in [0.15, 0.2) is 16.6 Å². The number of nitrogens with one attached hydrogen (secondary N) is 1. The Morgan fingerprint density at radius 1 is 1.44 bits per heavy atom. The lowest BCUT2D eigenvalue weighted by atomic mass is 9.89. The van der Waals surface area contributed by atoms with Crippen LogP contribution in [0.5, 0.6) is 0 Å². The van der Waals surface area contributed by atoms with E-state index in [1.54, 1.807) is 0 Å². The highest BCUT2D eigenvalue weighted by atomic mass is 79.9. The van der Waals surface area contributed by atoms with E-state index in [0.717, 1.165) is 6.07 Å². The Kier molecular flexibility index (Phi) is 3.17. The molecule has 0 spiro atoms. The molecule has 5 heteroatoms. The Hall–Kier alpha value is -0.680. The maximum absolute atomic E-state index is 13.4. The summed E-state index contributed by atoms with van der Waals surface area (Å²) in [6.45, 7) is 3.99. The van der Waals surface area contributed by atoms with Crippen molar-refractivity contribution in [3.8, 4) is 0 Å². The van der Waals surface area contributed by atoms with Gasteiger partial charge in [0, 0.05) is 22.5 Å². The minimum Gasteiger partial charge on any atom is -0.381 e. The van der Waals surface area contributed by atoms with Crippen molar-refractivity contribution >= 4 is 21.6 Å². The van der Waals surface area contributed by atoms with Gasteiger partial charge in [0.15, 0.2) is 0 Å². The molecule has 1 aromatic rings. The second-order valence-electron chi connectivity index (χ2n) is 4.40. The normalized spacial score (nSPS) is 18.0. The summed E-state index contributed by atoms with van der Waals surface area (Å²) < 4.78 is 31.8. The van der Waals surface area contributed by atoms with Crippen LogP contribution in [0, 0.1) is 17.0 Å². The molecule has 0 aromatic heterocycles. The summed E-state index contributed by atoms with van der Waals surface area (Å²) in [7, 11) is 0. The first kappa shape index (κ1) is 11.8. The lowest BCUT2D eigenvalue weighted by molar-refractivity contribution is -0.0924. The average molecular weight is 292 g/mol. The molecule has 1 N–H and O–H groups in total. The van der Waals surface area contributed by atoms with Gasteiger partial charge in [-0.1, -0.05) is 6.92 Å². The fourth-order valence-electron chi connectivity index (χ4n) is 1.57. The molecule has 1 saturated heterocycles. The molecular weight excluding hydrogens is 280 g/mol. The summed E-state index contributed by atoms with van der Waals surface area (Å²) in [5.41, 5.74) is 0.342. The van der Waals surface area contributed by atoms with Gasteiger partial charge in [-0.3, -0.25) is 0 Å². The largest absolute Gasteiger partial charge is 0.381 e. The third kappa shape index (κ3) is 2.35. The lowest BCUT2D eigenvalue weighted by Gasteiger charge is -2.38. The van der Waals surface area contributed by atoms with Crippen molar-refractivity contribution in [1.82, 2.24) is 0 Å². The van der Waals surface area contributed by atoms with Gasteiger partial charge in [0.25, 0.3) is 0 Å². The van der Waals surface area contributed by atoms with Crippen molar-refractivity contribution in [3.05, 3.63) is 28.2 Å². The Labute approximate surface area is 101 Å². The van der Waals surface area contributed by atoms with E-state index in [1.165, 1.54) is 6.07 Å². The number of hydrogen-bond donors (Lipinski definition) is 1. The molecule has 1 fully saturated rings. The average Bonchev–Trinajstić information content (AvgIpc) is 2.13. The molecule has 0 saturated carbocycles. The van der Waals surface area contributed by atoms with E-state index < -0.39 is 11.6 Å². The van der Waals surface area contributed by atoms with Crippen molar-refractivity contribution in [2.24, 2.45) is 5.41 Å². The van der Waals surface area contributed by atoms with E-state index in [-0.39, 0.29) is 5.41 Å². The van der Waals surface area contributed by atoms with E-state index in [9.17, 15) is 8.78 Å². The van der Waals surface area contributed by atoms with Crippen LogP contribution < -0.4 is 5.32 Å². The first-order valence-corrected chi connectivity index (χ1v) is 5.76. The highest BCUT2D eigenvalue weighted by molar-refractivity contribution is 9.10. The highest BCUT2D eigenvalue weighted by Gasteiger charge is 2.33. The van der Waals surface area contributed by atoms with Crippen molar-refractivity contribution in [3.63, 3.8) is 0 Å². The number of benzene rings is 1. The second-order valence-corrected chi connectivity index (χ2v) is 5.26. The van der Waals surface area contributed by atoms with Gasteiger partial charge in [-0.25, -0.2) is 8.78 Å². The molecule has 1 aromatic carbocycles. The number of ether oxygens (including phenoxy) is 1. The van der Waals surface area contributed by atoms with Gasteiger partial charge < -0.3 is 10.1 Å².